The summed E-state index contributed by atoms with van der Waals surface area (Å²) < 4.78 is 6.88. The molecular weight excluding hydrogens is 150 g/mol. The Bertz CT molecular complexity index is 370. The number of aromatic nitrogens is 1. The van der Waals surface area contributed by atoms with Crippen LogP contribution in [0, 0.1) is 0 Å². The Morgan fingerprint density at radius 1 is 1.33 bits per heavy atom. The van der Waals surface area contributed by atoms with Crippen LogP contribution in [0.15, 0.2) is 48.0 Å². The minimum absolute atomic E-state index is 1.09. The molecule has 0 aliphatic carbocycles. The molecule has 0 aliphatic heterocycles. The number of hydrogen-bond acceptors (Lipinski definition) is 1. The first-order valence-electron chi connectivity index (χ1n) is 3.73. The van der Waals surface area contributed by atoms with Crippen molar-refractivity contribution in [3.05, 3.63) is 43.6 Å². The Kier molecular flexibility index (Phi) is 1.59. The number of hydrogen-bond donors (Lipinski definition) is 0. The van der Waals surface area contributed by atoms with Crippen LogP contribution < -0.4 is 0 Å². The summed E-state index contributed by atoms with van der Waals surface area (Å²) in [6.45, 7) is 3.67. The van der Waals surface area contributed by atoms with E-state index in [1.165, 1.54) is 0 Å². The molecule has 0 atom stereocenters. The van der Waals surface area contributed by atoms with E-state index in [1.54, 1.807) is 18.7 Å². The van der Waals surface area contributed by atoms with Crippen LogP contribution in [0.3, 0.4) is 0 Å². The fourth-order valence-corrected chi connectivity index (χ4v) is 1.13. The summed E-state index contributed by atoms with van der Waals surface area (Å²) in [6.07, 6.45) is 9.10. The zero-order valence-corrected chi connectivity index (χ0v) is 6.60. The van der Waals surface area contributed by atoms with Gasteiger partial charge in [-0.3, -0.25) is 0 Å². The zero-order chi connectivity index (χ0) is 8.39. The second-order valence-electron chi connectivity index (χ2n) is 2.54. The largest absolute Gasteiger partial charge is 0.472 e. The maximum absolute atomic E-state index is 4.98. The topological polar surface area (TPSA) is 18.1 Å². The van der Waals surface area contributed by atoms with Crippen molar-refractivity contribution in [2.75, 3.05) is 0 Å². The number of furan rings is 1. The molecule has 0 saturated carbocycles. The SMILES string of the molecule is C=Cn1ccc(-c2ccoc2)c1. The Balaban J connectivity index is 2.41. The summed E-state index contributed by atoms with van der Waals surface area (Å²) in [7, 11) is 0. The van der Waals surface area contributed by atoms with Crippen LogP contribution in [0.25, 0.3) is 17.3 Å². The highest BCUT2D eigenvalue weighted by Crippen LogP contribution is 2.19. The monoisotopic (exact) mass is 159 g/mol. The van der Waals surface area contributed by atoms with Gasteiger partial charge >= 0.3 is 0 Å². The van der Waals surface area contributed by atoms with Crippen LogP contribution in [0.1, 0.15) is 0 Å². The summed E-state index contributed by atoms with van der Waals surface area (Å²) in [5.41, 5.74) is 2.24. The normalized spacial score (nSPS) is 10.0. The van der Waals surface area contributed by atoms with E-state index in [0.717, 1.165) is 11.1 Å². The molecule has 2 nitrogen and oxygen atoms in total. The van der Waals surface area contributed by atoms with Crippen molar-refractivity contribution < 1.29 is 4.42 Å². The van der Waals surface area contributed by atoms with Crippen molar-refractivity contribution in [2.24, 2.45) is 0 Å². The van der Waals surface area contributed by atoms with Gasteiger partial charge in [0.1, 0.15) is 0 Å². The first kappa shape index (κ1) is 6.98. The van der Waals surface area contributed by atoms with Gasteiger partial charge in [0.05, 0.1) is 12.5 Å². The highest BCUT2D eigenvalue weighted by atomic mass is 16.3. The summed E-state index contributed by atoms with van der Waals surface area (Å²) in [4.78, 5) is 0. The average Bonchev–Trinajstić information content (AvgIpc) is 2.75. The van der Waals surface area contributed by atoms with Crippen molar-refractivity contribution in [1.82, 2.24) is 4.57 Å². The smallest absolute Gasteiger partial charge is 0.0981 e. The molecule has 0 saturated heterocycles. The highest BCUT2D eigenvalue weighted by Gasteiger charge is 1.98. The van der Waals surface area contributed by atoms with Gasteiger partial charge in [-0.15, -0.1) is 0 Å². The lowest BCUT2D eigenvalue weighted by Gasteiger charge is -1.88. The maximum atomic E-state index is 4.98. The van der Waals surface area contributed by atoms with E-state index in [4.69, 9.17) is 4.42 Å². The number of nitrogens with zero attached hydrogens (tertiary/aromatic N) is 1. The Hall–Kier alpha value is -1.70. The summed E-state index contributed by atoms with van der Waals surface area (Å²) in [5, 5.41) is 0. The molecular formula is C10H9NO. The van der Waals surface area contributed by atoms with Crippen LogP contribution in [0.5, 0.6) is 0 Å². The lowest BCUT2D eigenvalue weighted by molar-refractivity contribution is 0.568. The molecule has 0 aliphatic rings. The van der Waals surface area contributed by atoms with Crippen LogP contribution in [0.2, 0.25) is 0 Å². The number of rotatable bonds is 2. The van der Waals surface area contributed by atoms with E-state index in [0.29, 0.717) is 0 Å². The van der Waals surface area contributed by atoms with Gasteiger partial charge < -0.3 is 8.98 Å². The molecule has 12 heavy (non-hydrogen) atoms. The molecule has 2 rings (SSSR count). The van der Waals surface area contributed by atoms with E-state index in [1.807, 2.05) is 29.1 Å². The van der Waals surface area contributed by atoms with E-state index in [2.05, 4.69) is 6.58 Å². The molecule has 60 valence electrons. The van der Waals surface area contributed by atoms with Crippen LogP contribution >= 0.6 is 0 Å². The third-order valence-corrected chi connectivity index (χ3v) is 1.78. The predicted molar refractivity (Wildman–Crippen MR) is 48.5 cm³/mol. The quantitative estimate of drug-likeness (QED) is 0.658. The van der Waals surface area contributed by atoms with Crippen molar-refractivity contribution in [3.63, 3.8) is 0 Å². The summed E-state index contributed by atoms with van der Waals surface area (Å²) in [5.74, 6) is 0. The van der Waals surface area contributed by atoms with E-state index in [9.17, 15) is 0 Å². The van der Waals surface area contributed by atoms with Crippen molar-refractivity contribution in [3.8, 4) is 11.1 Å². The van der Waals surface area contributed by atoms with Crippen LogP contribution in [-0.2, 0) is 0 Å². The fourth-order valence-electron chi connectivity index (χ4n) is 1.13. The molecule has 0 bridgehead atoms. The highest BCUT2D eigenvalue weighted by molar-refractivity contribution is 5.61. The minimum Gasteiger partial charge on any atom is -0.472 e. The van der Waals surface area contributed by atoms with Gasteiger partial charge in [0.2, 0.25) is 0 Å². The molecule has 2 aromatic rings. The fraction of sp³-hybridized carbons (Fsp3) is 0. The molecule has 2 heteroatoms. The zero-order valence-electron chi connectivity index (χ0n) is 6.60. The Labute approximate surface area is 70.7 Å². The maximum Gasteiger partial charge on any atom is 0.0981 e. The predicted octanol–water partition coefficient (Wildman–Crippen LogP) is 2.85. The van der Waals surface area contributed by atoms with Gasteiger partial charge in [0, 0.05) is 29.7 Å². The van der Waals surface area contributed by atoms with Gasteiger partial charge in [-0.2, -0.15) is 0 Å². The molecule has 0 unspecified atom stereocenters. The van der Waals surface area contributed by atoms with E-state index < -0.39 is 0 Å². The second kappa shape index (κ2) is 2.74. The van der Waals surface area contributed by atoms with Crippen molar-refractivity contribution >= 4 is 6.20 Å². The van der Waals surface area contributed by atoms with Crippen molar-refractivity contribution in [2.45, 2.75) is 0 Å². The first-order chi connectivity index (χ1) is 5.90. The van der Waals surface area contributed by atoms with Gasteiger partial charge in [-0.05, 0) is 12.1 Å². The standard InChI is InChI=1S/C10H9NO/c1-2-11-5-3-9(7-11)10-4-6-12-8-10/h2-8H,1H2. The van der Waals surface area contributed by atoms with E-state index in [-0.39, 0.29) is 0 Å². The average molecular weight is 159 g/mol. The van der Waals surface area contributed by atoms with Crippen molar-refractivity contribution in [1.29, 1.82) is 0 Å². The molecule has 0 radical (unpaired) electrons. The third kappa shape index (κ3) is 1.07. The molecule has 0 spiro atoms. The Morgan fingerprint density at radius 2 is 2.25 bits per heavy atom. The molecule has 0 N–H and O–H groups in total. The second-order valence-corrected chi connectivity index (χ2v) is 2.54. The lowest BCUT2D eigenvalue weighted by Crippen LogP contribution is -1.74. The third-order valence-electron chi connectivity index (χ3n) is 1.78. The van der Waals surface area contributed by atoms with E-state index >= 15 is 0 Å². The molecule has 0 amide bonds. The molecule has 2 aromatic heterocycles. The molecule has 0 aromatic carbocycles. The first-order valence-corrected chi connectivity index (χ1v) is 3.73. The van der Waals surface area contributed by atoms with Crippen LogP contribution in [0.4, 0.5) is 0 Å². The summed E-state index contributed by atoms with van der Waals surface area (Å²) >= 11 is 0. The Morgan fingerprint density at radius 3 is 2.83 bits per heavy atom. The summed E-state index contributed by atoms with van der Waals surface area (Å²) in [6, 6.07) is 3.95. The van der Waals surface area contributed by atoms with Gasteiger partial charge in [-0.1, -0.05) is 6.58 Å². The lowest BCUT2D eigenvalue weighted by atomic mass is 10.2. The molecule has 0 fully saturated rings. The van der Waals surface area contributed by atoms with Gasteiger partial charge in [0.25, 0.3) is 0 Å². The van der Waals surface area contributed by atoms with Crippen LogP contribution in [-0.4, -0.2) is 4.57 Å². The minimum atomic E-state index is 1.09. The van der Waals surface area contributed by atoms with Gasteiger partial charge in [-0.25, -0.2) is 0 Å². The molecule has 2 heterocycles. The van der Waals surface area contributed by atoms with Gasteiger partial charge in [0.15, 0.2) is 0 Å².